The molecule has 0 saturated heterocycles. The van der Waals surface area contributed by atoms with Crippen LogP contribution in [0.4, 0.5) is 5.69 Å². The maximum atomic E-state index is 5.88. The summed E-state index contributed by atoms with van der Waals surface area (Å²) < 4.78 is 17.4. The number of halogens is 1. The van der Waals surface area contributed by atoms with Crippen LogP contribution in [-0.4, -0.2) is 13.7 Å². The highest BCUT2D eigenvalue weighted by Crippen LogP contribution is 2.34. The van der Waals surface area contributed by atoms with Crippen molar-refractivity contribution in [3.63, 3.8) is 0 Å². The second-order valence-electron chi connectivity index (χ2n) is 4.48. The first-order valence-corrected chi connectivity index (χ1v) is 7.46. The lowest BCUT2D eigenvalue weighted by atomic mass is 10.2. The number of methoxy groups -OCH3 is 1. The van der Waals surface area contributed by atoms with Gasteiger partial charge in [0.25, 0.3) is 0 Å². The highest BCUT2D eigenvalue weighted by atomic mass is 79.9. The van der Waals surface area contributed by atoms with Crippen molar-refractivity contribution in [1.29, 1.82) is 0 Å². The SMILES string of the molecule is CCCOc1cc(N)cc(Oc2ccc(OC)cc2Br)c1. The molecular weight excluding hydrogens is 334 g/mol. The number of ether oxygens (including phenoxy) is 3. The van der Waals surface area contributed by atoms with E-state index in [9.17, 15) is 0 Å². The van der Waals surface area contributed by atoms with Gasteiger partial charge in [0.05, 0.1) is 18.2 Å². The number of benzene rings is 2. The van der Waals surface area contributed by atoms with Gasteiger partial charge in [-0.15, -0.1) is 0 Å². The lowest BCUT2D eigenvalue weighted by molar-refractivity contribution is 0.316. The van der Waals surface area contributed by atoms with Crippen molar-refractivity contribution in [3.05, 3.63) is 40.9 Å². The molecule has 0 aromatic heterocycles. The molecule has 0 atom stereocenters. The molecule has 4 nitrogen and oxygen atoms in total. The first-order valence-electron chi connectivity index (χ1n) is 6.67. The van der Waals surface area contributed by atoms with Gasteiger partial charge in [-0.2, -0.15) is 0 Å². The molecule has 0 aliphatic heterocycles. The van der Waals surface area contributed by atoms with Crippen LogP contribution in [0.3, 0.4) is 0 Å². The Morgan fingerprint density at radius 1 is 1.05 bits per heavy atom. The Morgan fingerprint density at radius 3 is 2.48 bits per heavy atom. The van der Waals surface area contributed by atoms with Crippen LogP contribution < -0.4 is 19.9 Å². The van der Waals surface area contributed by atoms with Gasteiger partial charge in [-0.05, 0) is 40.5 Å². The van der Waals surface area contributed by atoms with Gasteiger partial charge in [-0.25, -0.2) is 0 Å². The lowest BCUT2D eigenvalue weighted by Crippen LogP contribution is -1.97. The average molecular weight is 352 g/mol. The standard InChI is InChI=1S/C16H18BrNO3/c1-3-6-20-13-7-11(18)8-14(9-13)21-16-5-4-12(19-2)10-15(16)17/h4-5,7-10H,3,6,18H2,1-2H3. The van der Waals surface area contributed by atoms with E-state index in [0.717, 1.165) is 16.6 Å². The van der Waals surface area contributed by atoms with E-state index in [1.807, 2.05) is 24.3 Å². The van der Waals surface area contributed by atoms with E-state index in [4.69, 9.17) is 19.9 Å². The first-order chi connectivity index (χ1) is 10.1. The van der Waals surface area contributed by atoms with Crippen molar-refractivity contribution in [1.82, 2.24) is 0 Å². The molecule has 0 aliphatic rings. The van der Waals surface area contributed by atoms with Gasteiger partial charge in [0, 0.05) is 23.9 Å². The highest BCUT2D eigenvalue weighted by Gasteiger charge is 2.07. The Morgan fingerprint density at radius 2 is 1.81 bits per heavy atom. The molecule has 21 heavy (non-hydrogen) atoms. The maximum absolute atomic E-state index is 5.88. The normalized spacial score (nSPS) is 10.2. The van der Waals surface area contributed by atoms with Crippen LogP contribution in [0.25, 0.3) is 0 Å². The summed E-state index contributed by atoms with van der Waals surface area (Å²) in [4.78, 5) is 0. The van der Waals surface area contributed by atoms with Crippen LogP contribution in [0.5, 0.6) is 23.0 Å². The second kappa shape index (κ2) is 7.22. The zero-order chi connectivity index (χ0) is 15.2. The van der Waals surface area contributed by atoms with E-state index in [-0.39, 0.29) is 0 Å². The molecule has 0 heterocycles. The van der Waals surface area contributed by atoms with Gasteiger partial charge in [0.2, 0.25) is 0 Å². The molecule has 0 radical (unpaired) electrons. The molecule has 2 rings (SSSR count). The minimum Gasteiger partial charge on any atom is -0.497 e. The summed E-state index contributed by atoms with van der Waals surface area (Å²) in [5.41, 5.74) is 6.48. The largest absolute Gasteiger partial charge is 0.497 e. The number of rotatable bonds is 6. The van der Waals surface area contributed by atoms with E-state index < -0.39 is 0 Å². The fourth-order valence-corrected chi connectivity index (χ4v) is 2.21. The van der Waals surface area contributed by atoms with E-state index in [0.29, 0.717) is 29.5 Å². The molecule has 0 saturated carbocycles. The molecular formula is C16H18BrNO3. The molecule has 0 unspecified atom stereocenters. The van der Waals surface area contributed by atoms with E-state index in [2.05, 4.69) is 22.9 Å². The number of nitrogens with two attached hydrogens (primary N) is 1. The molecule has 112 valence electrons. The minimum absolute atomic E-state index is 0.600. The van der Waals surface area contributed by atoms with Crippen molar-refractivity contribution < 1.29 is 14.2 Å². The van der Waals surface area contributed by atoms with Gasteiger partial charge in [0.15, 0.2) is 0 Å². The van der Waals surface area contributed by atoms with Gasteiger partial charge in [-0.3, -0.25) is 0 Å². The maximum Gasteiger partial charge on any atom is 0.141 e. The zero-order valence-electron chi connectivity index (χ0n) is 12.1. The molecule has 0 fully saturated rings. The number of anilines is 1. The smallest absolute Gasteiger partial charge is 0.141 e. The molecule has 0 amide bonds. The van der Waals surface area contributed by atoms with Crippen molar-refractivity contribution >= 4 is 21.6 Å². The molecule has 2 N–H and O–H groups in total. The summed E-state index contributed by atoms with van der Waals surface area (Å²) in [5.74, 6) is 2.78. The molecule has 0 aliphatic carbocycles. The first kappa shape index (κ1) is 15.5. The lowest BCUT2D eigenvalue weighted by Gasteiger charge is -2.12. The highest BCUT2D eigenvalue weighted by molar-refractivity contribution is 9.10. The zero-order valence-corrected chi connectivity index (χ0v) is 13.6. The third-order valence-corrected chi connectivity index (χ3v) is 3.36. The molecule has 2 aromatic rings. The Balaban J connectivity index is 2.20. The summed E-state index contributed by atoms with van der Waals surface area (Å²) in [5, 5.41) is 0. The summed E-state index contributed by atoms with van der Waals surface area (Å²) >= 11 is 3.46. The van der Waals surface area contributed by atoms with Crippen LogP contribution in [-0.2, 0) is 0 Å². The van der Waals surface area contributed by atoms with Crippen molar-refractivity contribution in [3.8, 4) is 23.0 Å². The molecule has 0 spiro atoms. The van der Waals surface area contributed by atoms with Crippen molar-refractivity contribution in [2.45, 2.75) is 13.3 Å². The van der Waals surface area contributed by atoms with Gasteiger partial charge in [0.1, 0.15) is 23.0 Å². The number of nitrogen functional groups attached to an aromatic ring is 1. The summed E-state index contributed by atoms with van der Waals surface area (Å²) in [6.45, 7) is 2.70. The van der Waals surface area contributed by atoms with E-state index >= 15 is 0 Å². The average Bonchev–Trinajstić information content (AvgIpc) is 2.46. The predicted molar refractivity (Wildman–Crippen MR) is 87.4 cm³/mol. The number of hydrogen-bond donors (Lipinski definition) is 1. The second-order valence-corrected chi connectivity index (χ2v) is 5.34. The molecule has 2 aromatic carbocycles. The van der Waals surface area contributed by atoms with Crippen LogP contribution in [0.2, 0.25) is 0 Å². The van der Waals surface area contributed by atoms with Crippen LogP contribution in [0.15, 0.2) is 40.9 Å². The quantitative estimate of drug-likeness (QED) is 0.771. The fourth-order valence-electron chi connectivity index (χ4n) is 1.77. The summed E-state index contributed by atoms with van der Waals surface area (Å²) in [7, 11) is 1.62. The van der Waals surface area contributed by atoms with Crippen LogP contribution in [0.1, 0.15) is 13.3 Å². The van der Waals surface area contributed by atoms with Crippen LogP contribution in [0, 0.1) is 0 Å². The van der Waals surface area contributed by atoms with E-state index in [1.165, 1.54) is 0 Å². The fraction of sp³-hybridized carbons (Fsp3) is 0.250. The van der Waals surface area contributed by atoms with Gasteiger partial charge >= 0.3 is 0 Å². The third kappa shape index (κ3) is 4.29. The summed E-state index contributed by atoms with van der Waals surface area (Å²) in [6.07, 6.45) is 0.940. The minimum atomic E-state index is 0.600. The summed E-state index contributed by atoms with van der Waals surface area (Å²) in [6, 6.07) is 10.9. The monoisotopic (exact) mass is 351 g/mol. The Hall–Kier alpha value is -1.88. The Labute approximate surface area is 132 Å². The third-order valence-electron chi connectivity index (χ3n) is 2.74. The van der Waals surface area contributed by atoms with Crippen LogP contribution >= 0.6 is 15.9 Å². The number of hydrogen-bond acceptors (Lipinski definition) is 4. The van der Waals surface area contributed by atoms with E-state index in [1.54, 1.807) is 19.2 Å². The Kier molecular flexibility index (Phi) is 5.33. The van der Waals surface area contributed by atoms with Crippen molar-refractivity contribution in [2.24, 2.45) is 0 Å². The van der Waals surface area contributed by atoms with Gasteiger partial charge < -0.3 is 19.9 Å². The topological polar surface area (TPSA) is 53.7 Å². The predicted octanol–water partition coefficient (Wildman–Crippen LogP) is 4.62. The molecule has 5 heteroatoms. The Bertz CT molecular complexity index is 616. The van der Waals surface area contributed by atoms with Gasteiger partial charge in [-0.1, -0.05) is 6.92 Å². The molecule has 0 bridgehead atoms. The van der Waals surface area contributed by atoms with Crippen molar-refractivity contribution in [2.75, 3.05) is 19.5 Å².